The zero-order valence-corrected chi connectivity index (χ0v) is 12.6. The van der Waals surface area contributed by atoms with Gasteiger partial charge in [0.15, 0.2) is 0 Å². The molecule has 6 heteroatoms. The van der Waals surface area contributed by atoms with Gasteiger partial charge in [0.25, 0.3) is 0 Å². The highest BCUT2D eigenvalue weighted by atomic mass is 16.5. The third-order valence-corrected chi connectivity index (χ3v) is 3.48. The summed E-state index contributed by atoms with van der Waals surface area (Å²) in [5.41, 5.74) is 0.952. The summed E-state index contributed by atoms with van der Waals surface area (Å²) in [6.07, 6.45) is 0. The summed E-state index contributed by atoms with van der Waals surface area (Å²) >= 11 is 0. The summed E-state index contributed by atoms with van der Waals surface area (Å²) in [6, 6.07) is 6.91. The number of methoxy groups -OCH3 is 1. The average Bonchev–Trinajstić information content (AvgIpc) is 2.87. The van der Waals surface area contributed by atoms with Gasteiger partial charge in [0, 0.05) is 12.6 Å². The molecule has 1 heterocycles. The maximum atomic E-state index is 12.1. The van der Waals surface area contributed by atoms with Crippen molar-refractivity contribution in [2.24, 2.45) is 0 Å². The fourth-order valence-corrected chi connectivity index (χ4v) is 2.25. The number of amides is 3. The largest absolute Gasteiger partial charge is 0.497 e. The maximum Gasteiger partial charge on any atom is 0.318 e. The molecule has 0 aliphatic carbocycles. The first-order valence-electron chi connectivity index (χ1n) is 6.99. The Labute approximate surface area is 124 Å². The van der Waals surface area contributed by atoms with Gasteiger partial charge < -0.3 is 20.3 Å². The Hall–Kier alpha value is -2.24. The van der Waals surface area contributed by atoms with Crippen LogP contribution in [0.3, 0.4) is 0 Å². The van der Waals surface area contributed by atoms with Crippen LogP contribution in [0, 0.1) is 0 Å². The van der Waals surface area contributed by atoms with E-state index in [2.05, 4.69) is 10.6 Å². The predicted molar refractivity (Wildman–Crippen MR) is 79.0 cm³/mol. The van der Waals surface area contributed by atoms with Gasteiger partial charge in [-0.25, -0.2) is 4.79 Å². The molecular formula is C15H21N3O3. The Morgan fingerprint density at radius 3 is 2.90 bits per heavy atom. The molecule has 3 amide bonds. The van der Waals surface area contributed by atoms with E-state index in [9.17, 15) is 9.59 Å². The van der Waals surface area contributed by atoms with Gasteiger partial charge in [-0.15, -0.1) is 0 Å². The first-order valence-corrected chi connectivity index (χ1v) is 6.99. The molecule has 0 spiro atoms. The number of rotatable bonds is 5. The molecule has 2 N–H and O–H groups in total. The molecule has 6 nitrogen and oxygen atoms in total. The maximum absolute atomic E-state index is 12.1. The minimum atomic E-state index is -0.495. The number of urea groups is 1. The molecular weight excluding hydrogens is 270 g/mol. The quantitative estimate of drug-likeness (QED) is 0.854. The Kier molecular flexibility index (Phi) is 4.67. The molecule has 1 aromatic carbocycles. The fourth-order valence-electron chi connectivity index (χ4n) is 2.25. The molecule has 1 aliphatic heterocycles. The summed E-state index contributed by atoms with van der Waals surface area (Å²) in [7, 11) is 1.60. The number of nitrogens with one attached hydrogen (secondary N) is 2. The molecule has 1 unspecified atom stereocenters. The molecule has 21 heavy (non-hydrogen) atoms. The number of carbonyl (C=O) groups is 2. The Balaban J connectivity index is 1.89. The molecule has 0 aromatic heterocycles. The second-order valence-electron chi connectivity index (χ2n) is 5.32. The van der Waals surface area contributed by atoms with Crippen molar-refractivity contribution in [1.82, 2.24) is 15.5 Å². The SMILES string of the molecule is COc1cccc(CNC(=O)C2CN(C(C)C)C(=O)N2)c1. The van der Waals surface area contributed by atoms with Gasteiger partial charge in [-0.05, 0) is 31.5 Å². The first-order chi connectivity index (χ1) is 10.0. The van der Waals surface area contributed by atoms with E-state index in [4.69, 9.17) is 4.74 Å². The number of carbonyl (C=O) groups excluding carboxylic acids is 2. The number of nitrogens with zero attached hydrogens (tertiary/aromatic N) is 1. The van der Waals surface area contributed by atoms with Gasteiger partial charge in [0.05, 0.1) is 13.7 Å². The Morgan fingerprint density at radius 2 is 2.29 bits per heavy atom. The number of ether oxygens (including phenoxy) is 1. The summed E-state index contributed by atoms with van der Waals surface area (Å²) < 4.78 is 5.14. The topological polar surface area (TPSA) is 70.7 Å². The lowest BCUT2D eigenvalue weighted by atomic mass is 10.2. The first kappa shape index (κ1) is 15.2. The Bertz CT molecular complexity index is 531. The minimum Gasteiger partial charge on any atom is -0.497 e. The van der Waals surface area contributed by atoms with Crippen LogP contribution in [0.25, 0.3) is 0 Å². The molecule has 2 rings (SSSR count). The Morgan fingerprint density at radius 1 is 1.52 bits per heavy atom. The second kappa shape index (κ2) is 6.47. The number of hydrogen-bond donors (Lipinski definition) is 2. The lowest BCUT2D eigenvalue weighted by Crippen LogP contribution is -2.42. The lowest BCUT2D eigenvalue weighted by Gasteiger charge is -2.18. The van der Waals surface area contributed by atoms with Crippen LogP contribution in [0.1, 0.15) is 19.4 Å². The number of hydrogen-bond acceptors (Lipinski definition) is 3. The zero-order valence-electron chi connectivity index (χ0n) is 12.6. The van der Waals surface area contributed by atoms with Crippen molar-refractivity contribution in [2.45, 2.75) is 32.5 Å². The molecule has 1 fully saturated rings. The molecule has 1 saturated heterocycles. The van der Waals surface area contributed by atoms with Crippen molar-refractivity contribution >= 4 is 11.9 Å². The van der Waals surface area contributed by atoms with Crippen LogP contribution < -0.4 is 15.4 Å². The molecule has 1 atom stereocenters. The number of benzene rings is 1. The van der Waals surface area contributed by atoms with Crippen molar-refractivity contribution in [1.29, 1.82) is 0 Å². The summed E-state index contributed by atoms with van der Waals surface area (Å²) in [4.78, 5) is 25.5. The fraction of sp³-hybridized carbons (Fsp3) is 0.467. The summed E-state index contributed by atoms with van der Waals surface area (Å²) in [6.45, 7) is 4.66. The van der Waals surface area contributed by atoms with Crippen LogP contribution in [0.2, 0.25) is 0 Å². The van der Waals surface area contributed by atoms with Gasteiger partial charge in [-0.1, -0.05) is 12.1 Å². The van der Waals surface area contributed by atoms with E-state index in [1.54, 1.807) is 12.0 Å². The van der Waals surface area contributed by atoms with Gasteiger partial charge in [-0.3, -0.25) is 4.79 Å². The van der Waals surface area contributed by atoms with Crippen molar-refractivity contribution < 1.29 is 14.3 Å². The third-order valence-electron chi connectivity index (χ3n) is 3.48. The molecule has 1 aromatic rings. The van der Waals surface area contributed by atoms with E-state index < -0.39 is 6.04 Å². The van der Waals surface area contributed by atoms with E-state index in [-0.39, 0.29) is 18.0 Å². The van der Waals surface area contributed by atoms with Crippen molar-refractivity contribution in [3.8, 4) is 5.75 Å². The van der Waals surface area contributed by atoms with Crippen LogP contribution in [-0.4, -0.2) is 42.6 Å². The molecule has 0 radical (unpaired) electrons. The highest BCUT2D eigenvalue weighted by Crippen LogP contribution is 2.13. The average molecular weight is 291 g/mol. The normalized spacial score (nSPS) is 17.8. The minimum absolute atomic E-state index is 0.0844. The van der Waals surface area contributed by atoms with Gasteiger partial charge in [-0.2, -0.15) is 0 Å². The summed E-state index contributed by atoms with van der Waals surface area (Å²) in [5, 5.41) is 5.53. The molecule has 0 bridgehead atoms. The van der Waals surface area contributed by atoms with Crippen LogP contribution in [0.5, 0.6) is 5.75 Å². The van der Waals surface area contributed by atoms with Crippen molar-refractivity contribution in [3.05, 3.63) is 29.8 Å². The van der Waals surface area contributed by atoms with Gasteiger partial charge >= 0.3 is 6.03 Å². The predicted octanol–water partition coefficient (Wildman–Crippen LogP) is 1.11. The van der Waals surface area contributed by atoms with Gasteiger partial charge in [0.1, 0.15) is 11.8 Å². The molecule has 1 aliphatic rings. The van der Waals surface area contributed by atoms with Crippen molar-refractivity contribution in [3.63, 3.8) is 0 Å². The van der Waals surface area contributed by atoms with E-state index in [0.717, 1.165) is 11.3 Å². The van der Waals surface area contributed by atoms with Crippen LogP contribution in [0.15, 0.2) is 24.3 Å². The smallest absolute Gasteiger partial charge is 0.318 e. The van der Waals surface area contributed by atoms with E-state index in [1.807, 2.05) is 38.1 Å². The monoisotopic (exact) mass is 291 g/mol. The standard InChI is InChI=1S/C15H21N3O3/c1-10(2)18-9-13(17-15(18)20)14(19)16-8-11-5-4-6-12(7-11)21-3/h4-7,10,13H,8-9H2,1-3H3,(H,16,19)(H,17,20). The highest BCUT2D eigenvalue weighted by molar-refractivity contribution is 5.90. The lowest BCUT2D eigenvalue weighted by molar-refractivity contribution is -0.122. The molecule has 0 saturated carbocycles. The van der Waals surface area contributed by atoms with Gasteiger partial charge in [0.2, 0.25) is 5.91 Å². The van der Waals surface area contributed by atoms with Crippen molar-refractivity contribution in [2.75, 3.05) is 13.7 Å². The second-order valence-corrected chi connectivity index (χ2v) is 5.32. The highest BCUT2D eigenvalue weighted by Gasteiger charge is 2.34. The van der Waals surface area contributed by atoms with E-state index >= 15 is 0 Å². The van der Waals surface area contributed by atoms with E-state index in [1.165, 1.54) is 0 Å². The molecule has 114 valence electrons. The summed E-state index contributed by atoms with van der Waals surface area (Å²) in [5.74, 6) is 0.580. The van der Waals surface area contributed by atoms with Crippen LogP contribution in [-0.2, 0) is 11.3 Å². The zero-order chi connectivity index (χ0) is 15.4. The van der Waals surface area contributed by atoms with E-state index in [0.29, 0.717) is 13.1 Å². The van der Waals surface area contributed by atoms with Crippen LogP contribution >= 0.6 is 0 Å². The third kappa shape index (κ3) is 3.65. The van der Waals surface area contributed by atoms with Crippen LogP contribution in [0.4, 0.5) is 4.79 Å².